The molecule has 0 saturated heterocycles. The highest BCUT2D eigenvalue weighted by molar-refractivity contribution is 6.07. The molecule has 0 aliphatic heterocycles. The summed E-state index contributed by atoms with van der Waals surface area (Å²) in [6.07, 6.45) is 0. The molecule has 2 heterocycles. The molecule has 2 aromatic carbocycles. The number of methoxy groups -OCH3 is 1. The number of anilines is 2. The maximum Gasteiger partial charge on any atom is 0.330 e. The van der Waals surface area contributed by atoms with E-state index < -0.39 is 17.2 Å². The fourth-order valence-electron chi connectivity index (χ4n) is 3.58. The number of aromatic nitrogens is 4. The first-order chi connectivity index (χ1) is 16.9. The third-order valence-corrected chi connectivity index (χ3v) is 5.34. The predicted molar refractivity (Wildman–Crippen MR) is 129 cm³/mol. The molecule has 35 heavy (non-hydrogen) atoms. The lowest BCUT2D eigenvalue weighted by molar-refractivity contribution is 0.0975. The monoisotopic (exact) mass is 476 g/mol. The Bertz CT molecular complexity index is 1440. The van der Waals surface area contributed by atoms with Gasteiger partial charge in [-0.2, -0.15) is 4.98 Å². The van der Waals surface area contributed by atoms with E-state index in [0.29, 0.717) is 22.8 Å². The Balaban J connectivity index is 1.72. The van der Waals surface area contributed by atoms with Crippen molar-refractivity contribution in [2.45, 2.75) is 13.5 Å². The maximum absolute atomic E-state index is 13.5. The SMILES string of the molecule is COCCN(C(=O)c1ccc(-c2nc(C)no2)cc1)c1c(N)n(Cc2ccccc2)c(=O)[nH]c1=O. The molecular formula is C24H24N6O5. The van der Waals surface area contributed by atoms with Gasteiger partial charge < -0.3 is 15.0 Å². The molecule has 0 atom stereocenters. The fourth-order valence-corrected chi connectivity index (χ4v) is 3.58. The van der Waals surface area contributed by atoms with Gasteiger partial charge in [-0.1, -0.05) is 35.5 Å². The van der Waals surface area contributed by atoms with Crippen molar-refractivity contribution in [3.63, 3.8) is 0 Å². The maximum atomic E-state index is 13.5. The quantitative estimate of drug-likeness (QED) is 0.391. The molecule has 0 aliphatic rings. The minimum Gasteiger partial charge on any atom is -0.383 e. The molecule has 0 radical (unpaired) electrons. The number of amides is 1. The number of carbonyl (C=O) groups excluding carboxylic acids is 1. The van der Waals surface area contributed by atoms with E-state index in [4.69, 9.17) is 15.0 Å². The average molecular weight is 476 g/mol. The van der Waals surface area contributed by atoms with Gasteiger partial charge in [-0.05, 0) is 36.8 Å². The molecule has 1 amide bonds. The lowest BCUT2D eigenvalue weighted by Crippen LogP contribution is -2.42. The van der Waals surface area contributed by atoms with Crippen molar-refractivity contribution in [2.75, 3.05) is 30.9 Å². The van der Waals surface area contributed by atoms with Crippen LogP contribution in [0.25, 0.3) is 11.5 Å². The Kier molecular flexibility index (Phi) is 6.88. The molecule has 0 fully saturated rings. The molecule has 0 bridgehead atoms. The number of rotatable bonds is 8. The van der Waals surface area contributed by atoms with Gasteiger partial charge in [0.1, 0.15) is 5.82 Å². The van der Waals surface area contributed by atoms with Crippen molar-refractivity contribution in [3.8, 4) is 11.5 Å². The third kappa shape index (κ3) is 5.04. The second-order valence-electron chi connectivity index (χ2n) is 7.74. The van der Waals surface area contributed by atoms with Gasteiger partial charge in [0.15, 0.2) is 11.5 Å². The highest BCUT2D eigenvalue weighted by atomic mass is 16.5. The van der Waals surface area contributed by atoms with E-state index in [0.717, 1.165) is 5.56 Å². The zero-order chi connectivity index (χ0) is 24.9. The van der Waals surface area contributed by atoms with Gasteiger partial charge in [0.05, 0.1) is 13.2 Å². The van der Waals surface area contributed by atoms with Crippen LogP contribution in [0, 0.1) is 6.92 Å². The summed E-state index contributed by atoms with van der Waals surface area (Å²) < 4.78 is 11.5. The van der Waals surface area contributed by atoms with Crippen molar-refractivity contribution >= 4 is 17.4 Å². The summed E-state index contributed by atoms with van der Waals surface area (Å²) in [5, 5.41) is 3.76. The molecule has 4 rings (SSSR count). The van der Waals surface area contributed by atoms with E-state index in [1.54, 1.807) is 31.2 Å². The van der Waals surface area contributed by atoms with Crippen LogP contribution >= 0.6 is 0 Å². The fraction of sp³-hybridized carbons (Fsp3) is 0.208. The average Bonchev–Trinajstić information content (AvgIpc) is 3.30. The van der Waals surface area contributed by atoms with E-state index >= 15 is 0 Å². The number of nitrogens with one attached hydrogen (secondary N) is 1. The van der Waals surface area contributed by atoms with Crippen LogP contribution < -0.4 is 21.9 Å². The van der Waals surface area contributed by atoms with Crippen LogP contribution in [0.3, 0.4) is 0 Å². The second-order valence-corrected chi connectivity index (χ2v) is 7.74. The number of nitrogens with zero attached hydrogens (tertiary/aromatic N) is 4. The number of aryl methyl sites for hydroxylation is 1. The summed E-state index contributed by atoms with van der Waals surface area (Å²) in [7, 11) is 1.48. The van der Waals surface area contributed by atoms with Gasteiger partial charge in [0, 0.05) is 24.8 Å². The molecule has 4 aromatic rings. The Morgan fingerprint density at radius 2 is 1.86 bits per heavy atom. The van der Waals surface area contributed by atoms with Crippen molar-refractivity contribution in [1.82, 2.24) is 19.7 Å². The predicted octanol–water partition coefficient (Wildman–Crippen LogP) is 1.82. The van der Waals surface area contributed by atoms with E-state index in [1.165, 1.54) is 16.6 Å². The number of ether oxygens (including phenoxy) is 1. The molecule has 180 valence electrons. The number of H-pyrrole nitrogens is 1. The molecule has 0 aliphatic carbocycles. The molecule has 11 heteroatoms. The van der Waals surface area contributed by atoms with Crippen molar-refractivity contribution < 1.29 is 14.1 Å². The van der Waals surface area contributed by atoms with Crippen LogP contribution in [0.2, 0.25) is 0 Å². The standard InChI is InChI=1S/C24H24N6O5/c1-15-26-22(35-28-15)17-8-10-18(11-9-17)23(32)29(12-13-34-2)19-20(25)30(24(33)27-21(19)31)14-16-6-4-3-5-7-16/h3-11H,12-14,25H2,1-2H3,(H,27,31,33). The van der Waals surface area contributed by atoms with Crippen molar-refractivity contribution in [1.29, 1.82) is 0 Å². The first kappa shape index (κ1) is 23.6. The second kappa shape index (κ2) is 10.2. The first-order valence-electron chi connectivity index (χ1n) is 10.8. The van der Waals surface area contributed by atoms with E-state index in [9.17, 15) is 14.4 Å². The molecule has 2 aromatic heterocycles. The summed E-state index contributed by atoms with van der Waals surface area (Å²) in [6, 6.07) is 15.7. The molecule has 0 spiro atoms. The first-order valence-corrected chi connectivity index (χ1v) is 10.8. The van der Waals surface area contributed by atoms with Gasteiger partial charge in [-0.3, -0.25) is 24.0 Å². The summed E-state index contributed by atoms with van der Waals surface area (Å²) in [4.78, 5) is 46.5. The summed E-state index contributed by atoms with van der Waals surface area (Å²) in [5.74, 6) is 0.208. The molecule has 0 unspecified atom stereocenters. The minimum atomic E-state index is -0.765. The van der Waals surface area contributed by atoms with Crippen molar-refractivity contribution in [3.05, 3.63) is 92.4 Å². The van der Waals surface area contributed by atoms with Crippen LogP contribution in [0.4, 0.5) is 11.5 Å². The van der Waals surface area contributed by atoms with Gasteiger partial charge in [-0.25, -0.2) is 4.79 Å². The lowest BCUT2D eigenvalue weighted by atomic mass is 10.1. The highest BCUT2D eigenvalue weighted by Gasteiger charge is 2.25. The van der Waals surface area contributed by atoms with Crippen LogP contribution in [-0.2, 0) is 11.3 Å². The Morgan fingerprint density at radius 3 is 2.49 bits per heavy atom. The van der Waals surface area contributed by atoms with Crippen LogP contribution in [0.5, 0.6) is 0 Å². The van der Waals surface area contributed by atoms with Crippen LogP contribution in [0.1, 0.15) is 21.7 Å². The van der Waals surface area contributed by atoms with Crippen LogP contribution in [0.15, 0.2) is 68.7 Å². The van der Waals surface area contributed by atoms with Crippen molar-refractivity contribution in [2.24, 2.45) is 0 Å². The number of hydrogen-bond donors (Lipinski definition) is 2. The van der Waals surface area contributed by atoms with E-state index in [2.05, 4.69) is 15.1 Å². The van der Waals surface area contributed by atoms with Gasteiger partial charge in [-0.15, -0.1) is 0 Å². The number of nitrogens with two attached hydrogens (primary N) is 1. The largest absolute Gasteiger partial charge is 0.383 e. The number of nitrogen functional groups attached to an aromatic ring is 1. The molecule has 3 N–H and O–H groups in total. The molecule has 11 nitrogen and oxygen atoms in total. The van der Waals surface area contributed by atoms with Gasteiger partial charge >= 0.3 is 5.69 Å². The normalized spacial score (nSPS) is 10.9. The number of benzene rings is 2. The molecule has 0 saturated carbocycles. The number of hydrogen-bond acceptors (Lipinski definition) is 8. The zero-order valence-electron chi connectivity index (χ0n) is 19.2. The zero-order valence-corrected chi connectivity index (χ0v) is 19.2. The summed E-state index contributed by atoms with van der Waals surface area (Å²) >= 11 is 0. The Hall–Kier alpha value is -4.51. The Labute approximate surface area is 199 Å². The lowest BCUT2D eigenvalue weighted by Gasteiger charge is -2.24. The topological polar surface area (TPSA) is 149 Å². The number of aromatic amines is 1. The van der Waals surface area contributed by atoms with Crippen LogP contribution in [-0.4, -0.2) is 45.9 Å². The van der Waals surface area contributed by atoms with E-state index in [-0.39, 0.29) is 31.2 Å². The minimum absolute atomic E-state index is 0.0385. The van der Waals surface area contributed by atoms with E-state index in [1.807, 2.05) is 30.3 Å². The Morgan fingerprint density at radius 1 is 1.14 bits per heavy atom. The van der Waals surface area contributed by atoms with Gasteiger partial charge in [0.25, 0.3) is 17.4 Å². The highest BCUT2D eigenvalue weighted by Crippen LogP contribution is 2.22. The smallest absolute Gasteiger partial charge is 0.330 e. The third-order valence-electron chi connectivity index (χ3n) is 5.34. The molecular weight excluding hydrogens is 452 g/mol. The number of carbonyl (C=O) groups is 1. The summed E-state index contributed by atoms with van der Waals surface area (Å²) in [6.45, 7) is 2.01. The summed E-state index contributed by atoms with van der Waals surface area (Å²) in [5.41, 5.74) is 6.48. The van der Waals surface area contributed by atoms with Gasteiger partial charge in [0.2, 0.25) is 0 Å².